The zero-order chi connectivity index (χ0) is 13.1. The van der Waals surface area contributed by atoms with Gasteiger partial charge in [0, 0.05) is 13.7 Å². The van der Waals surface area contributed by atoms with Gasteiger partial charge in [-0.2, -0.15) is 0 Å². The van der Waals surface area contributed by atoms with E-state index in [4.69, 9.17) is 9.47 Å². The van der Waals surface area contributed by atoms with Crippen LogP contribution in [0.25, 0.3) is 0 Å². The molecular weight excluding hydrogens is 218 g/mol. The zero-order valence-corrected chi connectivity index (χ0v) is 11.6. The van der Waals surface area contributed by atoms with E-state index < -0.39 is 5.54 Å². The molecule has 0 radical (unpaired) electrons. The summed E-state index contributed by atoms with van der Waals surface area (Å²) in [5.41, 5.74) is -0.371. The second kappa shape index (κ2) is 5.36. The van der Waals surface area contributed by atoms with E-state index in [2.05, 4.69) is 26.1 Å². The molecule has 1 fully saturated rings. The zero-order valence-electron chi connectivity index (χ0n) is 11.6. The summed E-state index contributed by atoms with van der Waals surface area (Å²) in [5.74, 6) is 0.133. The highest BCUT2D eigenvalue weighted by atomic mass is 16.5. The van der Waals surface area contributed by atoms with Gasteiger partial charge in [0.15, 0.2) is 0 Å². The van der Waals surface area contributed by atoms with Gasteiger partial charge in [0.25, 0.3) is 0 Å². The minimum atomic E-state index is -0.545. The minimum absolute atomic E-state index is 0.147. The molecular formula is C13H25NO3. The summed E-state index contributed by atoms with van der Waals surface area (Å²) in [6.45, 7) is 7.79. The SMILES string of the molecule is COCCNC1(C(=O)OC)CC(C)(C)CC1C. The van der Waals surface area contributed by atoms with Crippen LogP contribution in [0.2, 0.25) is 0 Å². The van der Waals surface area contributed by atoms with E-state index in [1.165, 1.54) is 7.11 Å². The first-order chi connectivity index (χ1) is 7.88. The molecule has 1 aliphatic carbocycles. The highest BCUT2D eigenvalue weighted by Crippen LogP contribution is 2.47. The van der Waals surface area contributed by atoms with Crippen molar-refractivity contribution in [1.29, 1.82) is 0 Å². The first kappa shape index (κ1) is 14.5. The van der Waals surface area contributed by atoms with Gasteiger partial charge in [0.1, 0.15) is 5.54 Å². The Morgan fingerprint density at radius 1 is 1.41 bits per heavy atom. The van der Waals surface area contributed by atoms with Crippen LogP contribution in [0.1, 0.15) is 33.6 Å². The van der Waals surface area contributed by atoms with Gasteiger partial charge in [-0.05, 0) is 24.2 Å². The quantitative estimate of drug-likeness (QED) is 0.588. The maximum absolute atomic E-state index is 12.1. The molecule has 0 amide bonds. The van der Waals surface area contributed by atoms with Crippen LogP contribution in [0.5, 0.6) is 0 Å². The Balaban J connectivity index is 2.83. The molecule has 0 aromatic carbocycles. The Hall–Kier alpha value is -0.610. The first-order valence-electron chi connectivity index (χ1n) is 6.20. The van der Waals surface area contributed by atoms with Crippen molar-refractivity contribution in [3.63, 3.8) is 0 Å². The predicted molar refractivity (Wildman–Crippen MR) is 66.8 cm³/mol. The van der Waals surface area contributed by atoms with E-state index >= 15 is 0 Å². The van der Waals surface area contributed by atoms with Crippen molar-refractivity contribution >= 4 is 5.97 Å². The molecule has 0 bridgehead atoms. The number of carbonyl (C=O) groups is 1. The van der Waals surface area contributed by atoms with Crippen LogP contribution in [0, 0.1) is 11.3 Å². The fourth-order valence-electron chi connectivity index (χ4n) is 3.14. The number of esters is 1. The van der Waals surface area contributed by atoms with Crippen molar-refractivity contribution in [3.8, 4) is 0 Å². The van der Waals surface area contributed by atoms with Crippen molar-refractivity contribution in [2.45, 2.75) is 39.2 Å². The van der Waals surface area contributed by atoms with Gasteiger partial charge in [0.05, 0.1) is 13.7 Å². The number of hydrogen-bond donors (Lipinski definition) is 1. The Morgan fingerprint density at radius 2 is 2.06 bits per heavy atom. The number of nitrogens with one attached hydrogen (secondary N) is 1. The summed E-state index contributed by atoms with van der Waals surface area (Å²) in [6.07, 6.45) is 1.85. The fourth-order valence-corrected chi connectivity index (χ4v) is 3.14. The van der Waals surface area contributed by atoms with E-state index in [-0.39, 0.29) is 17.3 Å². The standard InChI is InChI=1S/C13H25NO3/c1-10-8-12(2,3)9-13(10,11(15)17-5)14-6-7-16-4/h10,14H,6-9H2,1-5H3. The molecule has 1 aliphatic rings. The Bertz CT molecular complexity index is 278. The van der Waals surface area contributed by atoms with Gasteiger partial charge >= 0.3 is 5.97 Å². The number of rotatable bonds is 5. The van der Waals surface area contributed by atoms with Gasteiger partial charge in [-0.3, -0.25) is 10.1 Å². The number of methoxy groups -OCH3 is 2. The molecule has 1 rings (SSSR count). The normalized spacial score (nSPS) is 31.5. The summed E-state index contributed by atoms with van der Waals surface area (Å²) in [7, 11) is 3.12. The van der Waals surface area contributed by atoms with E-state index in [1.807, 2.05) is 0 Å². The summed E-state index contributed by atoms with van der Waals surface area (Å²) >= 11 is 0. The summed E-state index contributed by atoms with van der Waals surface area (Å²) < 4.78 is 10.0. The van der Waals surface area contributed by atoms with Crippen LogP contribution in [0.4, 0.5) is 0 Å². The second-order valence-electron chi connectivity index (χ2n) is 5.83. The van der Waals surface area contributed by atoms with Gasteiger partial charge in [-0.1, -0.05) is 20.8 Å². The lowest BCUT2D eigenvalue weighted by molar-refractivity contribution is -0.150. The Morgan fingerprint density at radius 3 is 2.47 bits per heavy atom. The first-order valence-corrected chi connectivity index (χ1v) is 6.20. The van der Waals surface area contributed by atoms with Crippen molar-refractivity contribution < 1.29 is 14.3 Å². The number of carbonyl (C=O) groups excluding carboxylic acids is 1. The molecule has 2 atom stereocenters. The third-order valence-corrected chi connectivity index (χ3v) is 3.75. The van der Waals surface area contributed by atoms with Gasteiger partial charge in [-0.15, -0.1) is 0 Å². The minimum Gasteiger partial charge on any atom is -0.468 e. The molecule has 1 saturated carbocycles. The van der Waals surface area contributed by atoms with Crippen LogP contribution >= 0.6 is 0 Å². The molecule has 17 heavy (non-hydrogen) atoms. The van der Waals surface area contributed by atoms with Crippen LogP contribution in [-0.2, 0) is 14.3 Å². The predicted octanol–water partition coefficient (Wildman–Crippen LogP) is 1.59. The Kier molecular flexibility index (Phi) is 4.55. The molecule has 4 heteroatoms. The number of hydrogen-bond acceptors (Lipinski definition) is 4. The Labute approximate surface area is 104 Å². The molecule has 0 saturated heterocycles. The van der Waals surface area contributed by atoms with Crippen LogP contribution in [-0.4, -0.2) is 38.9 Å². The van der Waals surface area contributed by atoms with Crippen LogP contribution in [0.3, 0.4) is 0 Å². The monoisotopic (exact) mass is 243 g/mol. The molecule has 1 N–H and O–H groups in total. The van der Waals surface area contributed by atoms with E-state index in [0.29, 0.717) is 13.2 Å². The van der Waals surface area contributed by atoms with E-state index in [0.717, 1.165) is 12.8 Å². The summed E-state index contributed by atoms with van der Waals surface area (Å²) in [4.78, 5) is 12.1. The highest BCUT2D eigenvalue weighted by Gasteiger charge is 2.54. The molecule has 0 aromatic heterocycles. The highest BCUT2D eigenvalue weighted by molar-refractivity contribution is 5.81. The van der Waals surface area contributed by atoms with Crippen molar-refractivity contribution in [3.05, 3.63) is 0 Å². The van der Waals surface area contributed by atoms with Gasteiger partial charge in [-0.25, -0.2) is 0 Å². The molecule has 0 aromatic rings. The lowest BCUT2D eigenvalue weighted by Crippen LogP contribution is -2.55. The van der Waals surface area contributed by atoms with Crippen LogP contribution < -0.4 is 5.32 Å². The summed E-state index contributed by atoms with van der Waals surface area (Å²) in [5, 5.41) is 3.35. The summed E-state index contributed by atoms with van der Waals surface area (Å²) in [6, 6.07) is 0. The average molecular weight is 243 g/mol. The lowest BCUT2D eigenvalue weighted by atomic mass is 9.86. The topological polar surface area (TPSA) is 47.6 Å². The molecule has 2 unspecified atom stereocenters. The molecule has 4 nitrogen and oxygen atoms in total. The van der Waals surface area contributed by atoms with Crippen molar-refractivity contribution in [2.75, 3.05) is 27.4 Å². The largest absolute Gasteiger partial charge is 0.468 e. The van der Waals surface area contributed by atoms with Crippen molar-refractivity contribution in [1.82, 2.24) is 5.32 Å². The van der Waals surface area contributed by atoms with Crippen LogP contribution in [0.15, 0.2) is 0 Å². The maximum atomic E-state index is 12.1. The third-order valence-electron chi connectivity index (χ3n) is 3.75. The smallest absolute Gasteiger partial charge is 0.326 e. The number of ether oxygens (including phenoxy) is 2. The lowest BCUT2D eigenvalue weighted by Gasteiger charge is -2.32. The maximum Gasteiger partial charge on any atom is 0.326 e. The van der Waals surface area contributed by atoms with Gasteiger partial charge in [0.2, 0.25) is 0 Å². The fraction of sp³-hybridized carbons (Fsp3) is 0.923. The van der Waals surface area contributed by atoms with E-state index in [1.54, 1.807) is 7.11 Å². The average Bonchev–Trinajstić information content (AvgIpc) is 2.48. The molecule has 0 aliphatic heterocycles. The van der Waals surface area contributed by atoms with Crippen molar-refractivity contribution in [2.24, 2.45) is 11.3 Å². The second-order valence-corrected chi connectivity index (χ2v) is 5.83. The molecule has 100 valence electrons. The molecule has 0 spiro atoms. The molecule has 0 heterocycles. The van der Waals surface area contributed by atoms with Gasteiger partial charge < -0.3 is 9.47 Å². The third kappa shape index (κ3) is 2.99. The van der Waals surface area contributed by atoms with E-state index in [9.17, 15) is 4.79 Å².